The van der Waals surface area contributed by atoms with Crippen molar-refractivity contribution in [3.8, 4) is 0 Å². The van der Waals surface area contributed by atoms with Crippen LogP contribution in [-0.2, 0) is 0 Å². The molecule has 1 aliphatic rings. The Balaban J connectivity index is 2.20. The molecule has 1 heterocycles. The van der Waals surface area contributed by atoms with E-state index in [9.17, 15) is 4.79 Å². The minimum Gasteiger partial charge on any atom is -0.292 e. The highest BCUT2D eigenvalue weighted by molar-refractivity contribution is 7.80. The van der Waals surface area contributed by atoms with E-state index >= 15 is 0 Å². The van der Waals surface area contributed by atoms with Crippen molar-refractivity contribution < 1.29 is 4.79 Å². The van der Waals surface area contributed by atoms with Crippen molar-refractivity contribution in [1.82, 2.24) is 4.90 Å². The maximum Gasteiger partial charge on any atom is 0.182 e. The first-order chi connectivity index (χ1) is 8.01. The average Bonchev–Trinajstić information content (AvgIpc) is 2.83. The molecule has 2 rings (SSSR count). The Morgan fingerprint density at radius 1 is 1.35 bits per heavy atom. The van der Waals surface area contributed by atoms with Crippen LogP contribution in [-0.4, -0.2) is 35.2 Å². The van der Waals surface area contributed by atoms with Crippen LogP contribution in [0.15, 0.2) is 29.2 Å². The van der Waals surface area contributed by atoms with E-state index in [4.69, 9.17) is 0 Å². The predicted octanol–water partition coefficient (Wildman–Crippen LogP) is 2.89. The molecule has 0 aromatic heterocycles. The molecule has 0 N–H and O–H groups in total. The minimum atomic E-state index is -0.387. The summed E-state index contributed by atoms with van der Waals surface area (Å²) >= 11 is 4.24. The smallest absolute Gasteiger partial charge is 0.182 e. The van der Waals surface area contributed by atoms with Gasteiger partial charge in [0.1, 0.15) is 0 Å². The van der Waals surface area contributed by atoms with Gasteiger partial charge in [-0.2, -0.15) is 0 Å². The van der Waals surface area contributed by atoms with E-state index in [0.717, 1.165) is 31.9 Å². The lowest BCUT2D eigenvalue weighted by Crippen LogP contribution is -2.48. The third-order valence-corrected chi connectivity index (χ3v) is 4.82. The van der Waals surface area contributed by atoms with Crippen molar-refractivity contribution in [1.29, 1.82) is 0 Å². The second kappa shape index (κ2) is 5.09. The summed E-state index contributed by atoms with van der Waals surface area (Å²) in [6.45, 7) is 5.10. The molecule has 4 heteroatoms. The van der Waals surface area contributed by atoms with Gasteiger partial charge in [-0.05, 0) is 32.1 Å². The average molecular weight is 267 g/mol. The largest absolute Gasteiger partial charge is 0.292 e. The van der Waals surface area contributed by atoms with Gasteiger partial charge in [0.15, 0.2) is 5.78 Å². The van der Waals surface area contributed by atoms with Crippen molar-refractivity contribution in [2.45, 2.75) is 24.3 Å². The minimum absolute atomic E-state index is 0.206. The number of carbonyl (C=O) groups is 1. The fourth-order valence-corrected chi connectivity index (χ4v) is 3.65. The van der Waals surface area contributed by atoms with Crippen molar-refractivity contribution >= 4 is 27.0 Å². The number of benzene rings is 1. The number of hydrogen-bond donors (Lipinski definition) is 1. The summed E-state index contributed by atoms with van der Waals surface area (Å²) in [5, 5.41) is 0. The van der Waals surface area contributed by atoms with E-state index in [1.807, 2.05) is 38.1 Å². The van der Waals surface area contributed by atoms with Crippen LogP contribution < -0.4 is 0 Å². The summed E-state index contributed by atoms with van der Waals surface area (Å²) in [5.74, 6) is 0.206. The summed E-state index contributed by atoms with van der Waals surface area (Å²) in [4.78, 5) is 15.7. The van der Waals surface area contributed by atoms with Gasteiger partial charge in [0.25, 0.3) is 0 Å². The third kappa shape index (κ3) is 2.73. The van der Waals surface area contributed by atoms with Crippen LogP contribution in [0.4, 0.5) is 0 Å². The van der Waals surface area contributed by atoms with E-state index < -0.39 is 0 Å². The Hall–Kier alpha value is -0.370. The lowest BCUT2D eigenvalue weighted by molar-refractivity contribution is 0.0718. The second-order valence-electron chi connectivity index (χ2n) is 4.86. The number of nitrogens with zero attached hydrogens (tertiary/aromatic N) is 1. The molecule has 0 amide bonds. The first-order valence-corrected chi connectivity index (χ1v) is 7.67. The number of hydrogen-bond acceptors (Lipinski definition) is 3. The van der Waals surface area contributed by atoms with Crippen LogP contribution in [0.2, 0.25) is 0 Å². The maximum absolute atomic E-state index is 12.5. The lowest BCUT2D eigenvalue weighted by Gasteiger charge is -2.33. The normalized spacial score (nSPS) is 18.8. The van der Waals surface area contributed by atoms with Crippen molar-refractivity contribution in [2.24, 2.45) is 0 Å². The van der Waals surface area contributed by atoms with Gasteiger partial charge >= 0.3 is 0 Å². The molecule has 0 saturated carbocycles. The fourth-order valence-electron chi connectivity index (χ4n) is 2.09. The molecule has 17 heavy (non-hydrogen) atoms. The van der Waals surface area contributed by atoms with Crippen LogP contribution in [0.5, 0.6) is 0 Å². The molecule has 1 aromatic rings. The first kappa shape index (κ1) is 13.1. The summed E-state index contributed by atoms with van der Waals surface area (Å²) in [6, 6.07) is 7.48. The van der Waals surface area contributed by atoms with Crippen LogP contribution >= 0.6 is 21.2 Å². The zero-order valence-corrected chi connectivity index (χ0v) is 12.1. The van der Waals surface area contributed by atoms with E-state index in [1.165, 1.54) is 6.16 Å². The molecule has 0 bridgehead atoms. The van der Waals surface area contributed by atoms with E-state index in [1.54, 1.807) is 0 Å². The number of rotatable bonds is 3. The van der Waals surface area contributed by atoms with Gasteiger partial charge in [-0.25, -0.2) is 0 Å². The predicted molar refractivity (Wildman–Crippen MR) is 76.9 cm³/mol. The SMILES string of the molecule is CC(C)(C(=O)c1ccc(S)cc1)N1CCPC1. The monoisotopic (exact) mass is 267 g/mol. The summed E-state index contributed by atoms with van der Waals surface area (Å²) < 4.78 is 0. The summed E-state index contributed by atoms with van der Waals surface area (Å²) in [6.07, 6.45) is 2.29. The topological polar surface area (TPSA) is 20.3 Å². The molecule has 1 aromatic carbocycles. The Morgan fingerprint density at radius 2 is 2.00 bits per heavy atom. The van der Waals surface area contributed by atoms with Gasteiger partial charge in [0.2, 0.25) is 0 Å². The van der Waals surface area contributed by atoms with Gasteiger partial charge in [-0.3, -0.25) is 9.69 Å². The zero-order chi connectivity index (χ0) is 12.5. The van der Waals surface area contributed by atoms with Crippen molar-refractivity contribution in [3.63, 3.8) is 0 Å². The molecule has 1 unspecified atom stereocenters. The van der Waals surface area contributed by atoms with E-state index in [-0.39, 0.29) is 11.3 Å². The van der Waals surface area contributed by atoms with Crippen LogP contribution in [0.3, 0.4) is 0 Å². The molecule has 0 aliphatic carbocycles. The van der Waals surface area contributed by atoms with Gasteiger partial charge < -0.3 is 0 Å². The number of Topliss-reactive ketones (excluding diaryl/α,β-unsaturated/α-hetero) is 1. The molecule has 92 valence electrons. The third-order valence-electron chi connectivity index (χ3n) is 3.34. The second-order valence-corrected chi connectivity index (χ2v) is 6.69. The van der Waals surface area contributed by atoms with Crippen molar-refractivity contribution in [2.75, 3.05) is 19.0 Å². The van der Waals surface area contributed by atoms with Crippen molar-refractivity contribution in [3.05, 3.63) is 29.8 Å². The van der Waals surface area contributed by atoms with Gasteiger partial charge in [0, 0.05) is 23.3 Å². The maximum atomic E-state index is 12.5. The molecule has 1 saturated heterocycles. The van der Waals surface area contributed by atoms with Crippen LogP contribution in [0, 0.1) is 0 Å². The summed E-state index contributed by atoms with van der Waals surface area (Å²) in [5.41, 5.74) is 0.393. The molecule has 1 fully saturated rings. The lowest BCUT2D eigenvalue weighted by atomic mass is 9.92. The zero-order valence-electron chi connectivity index (χ0n) is 10.2. The van der Waals surface area contributed by atoms with E-state index in [2.05, 4.69) is 17.5 Å². The van der Waals surface area contributed by atoms with Gasteiger partial charge in [-0.1, -0.05) is 12.1 Å². The Kier molecular flexibility index (Phi) is 3.92. The Morgan fingerprint density at radius 3 is 2.53 bits per heavy atom. The molecular formula is C13H18NOPS. The fraction of sp³-hybridized carbons (Fsp3) is 0.462. The van der Waals surface area contributed by atoms with Gasteiger partial charge in [0.05, 0.1) is 5.54 Å². The Bertz CT molecular complexity index is 410. The summed E-state index contributed by atoms with van der Waals surface area (Å²) in [7, 11) is 0.972. The number of carbonyl (C=O) groups excluding carboxylic acids is 1. The molecule has 0 spiro atoms. The quantitative estimate of drug-likeness (QED) is 0.516. The number of thiol groups is 1. The molecule has 1 aliphatic heterocycles. The molecule has 1 atom stereocenters. The number of ketones is 1. The highest BCUT2D eigenvalue weighted by atomic mass is 32.1. The van der Waals surface area contributed by atoms with Gasteiger partial charge in [-0.15, -0.1) is 21.2 Å². The van der Waals surface area contributed by atoms with E-state index in [0.29, 0.717) is 0 Å². The highest BCUT2D eigenvalue weighted by Gasteiger charge is 2.36. The molecular weight excluding hydrogens is 249 g/mol. The highest BCUT2D eigenvalue weighted by Crippen LogP contribution is 2.30. The van der Waals surface area contributed by atoms with Crippen LogP contribution in [0.1, 0.15) is 24.2 Å². The molecule has 0 radical (unpaired) electrons. The Labute approximate surface area is 110 Å². The first-order valence-electron chi connectivity index (χ1n) is 5.81. The van der Waals surface area contributed by atoms with Crippen LogP contribution in [0.25, 0.3) is 0 Å². The molecule has 2 nitrogen and oxygen atoms in total. The standard InChI is InChI=1S/C13H18NOPS/c1-13(2,14-7-8-16-9-14)12(15)10-3-5-11(17)6-4-10/h3-6,16-17H,7-9H2,1-2H3.